The Morgan fingerprint density at radius 2 is 1.67 bits per heavy atom. The van der Waals surface area contributed by atoms with Gasteiger partial charge in [-0.15, -0.1) is 0 Å². The number of aliphatic carboxylic acids is 2. The second-order valence-corrected chi connectivity index (χ2v) is 5.03. The van der Waals surface area contributed by atoms with Crippen molar-refractivity contribution >= 4 is 11.9 Å². The predicted octanol–water partition coefficient (Wildman–Crippen LogP) is 2.06. The molecule has 0 fully saturated rings. The first-order chi connectivity index (χ1) is 8.31. The smallest absolute Gasteiger partial charge is 0.320 e. The average Bonchev–Trinajstić information content (AvgIpc) is 2.26. The fraction of sp³-hybridized carbons (Fsp3) is 0.846. The maximum absolute atomic E-state index is 11.3. The van der Waals surface area contributed by atoms with Gasteiger partial charge in [-0.1, -0.05) is 26.7 Å². The minimum absolute atomic E-state index is 0.0183. The van der Waals surface area contributed by atoms with Crippen molar-refractivity contribution in [1.82, 2.24) is 4.90 Å². The van der Waals surface area contributed by atoms with Crippen LogP contribution in [0.4, 0.5) is 0 Å². The van der Waals surface area contributed by atoms with Crippen LogP contribution in [0.3, 0.4) is 0 Å². The molecule has 0 amide bonds. The van der Waals surface area contributed by atoms with Gasteiger partial charge < -0.3 is 10.2 Å². The molecule has 0 aromatic carbocycles. The van der Waals surface area contributed by atoms with Crippen LogP contribution < -0.4 is 0 Å². The fourth-order valence-electron chi connectivity index (χ4n) is 1.92. The minimum atomic E-state index is -0.889. The van der Waals surface area contributed by atoms with E-state index in [0.29, 0.717) is 6.42 Å². The molecule has 0 bridgehead atoms. The molecule has 2 atom stereocenters. The average molecular weight is 259 g/mol. The van der Waals surface area contributed by atoms with Gasteiger partial charge in [-0.25, -0.2) is 0 Å². The van der Waals surface area contributed by atoms with Crippen molar-refractivity contribution in [3.63, 3.8) is 0 Å². The predicted molar refractivity (Wildman–Crippen MR) is 69.6 cm³/mol. The molecule has 5 nitrogen and oxygen atoms in total. The number of nitrogens with zero attached hydrogens (tertiary/aromatic N) is 1. The normalized spacial score (nSPS) is 14.8. The van der Waals surface area contributed by atoms with Gasteiger partial charge in [-0.05, 0) is 20.3 Å². The second kappa shape index (κ2) is 8.08. The SMILES string of the molecule is CCCCC(C(=O)O)N(CC(C)C(=O)O)C(C)C. The lowest BCUT2D eigenvalue weighted by atomic mass is 10.0. The van der Waals surface area contributed by atoms with Gasteiger partial charge in [-0.2, -0.15) is 0 Å². The molecule has 0 aliphatic rings. The van der Waals surface area contributed by atoms with Crippen LogP contribution >= 0.6 is 0 Å². The molecule has 0 saturated carbocycles. The third kappa shape index (κ3) is 5.49. The van der Waals surface area contributed by atoms with Crippen LogP contribution in [0, 0.1) is 5.92 Å². The number of carbonyl (C=O) groups is 2. The maximum Gasteiger partial charge on any atom is 0.320 e. The zero-order valence-electron chi connectivity index (χ0n) is 11.7. The summed E-state index contributed by atoms with van der Waals surface area (Å²) in [6, 6.07) is -0.573. The lowest BCUT2D eigenvalue weighted by Crippen LogP contribution is -2.48. The Balaban J connectivity index is 4.80. The topological polar surface area (TPSA) is 77.8 Å². The lowest BCUT2D eigenvalue weighted by molar-refractivity contribution is -0.148. The molecule has 0 radical (unpaired) electrons. The van der Waals surface area contributed by atoms with Crippen LogP contribution in [0.15, 0.2) is 0 Å². The van der Waals surface area contributed by atoms with E-state index in [4.69, 9.17) is 5.11 Å². The summed E-state index contributed by atoms with van der Waals surface area (Å²) in [6.07, 6.45) is 2.34. The Kier molecular flexibility index (Phi) is 7.59. The van der Waals surface area contributed by atoms with E-state index in [1.54, 1.807) is 11.8 Å². The summed E-state index contributed by atoms with van der Waals surface area (Å²) >= 11 is 0. The molecule has 2 unspecified atom stereocenters. The Morgan fingerprint density at radius 3 is 2.00 bits per heavy atom. The zero-order chi connectivity index (χ0) is 14.3. The number of carboxylic acids is 2. The van der Waals surface area contributed by atoms with Crippen LogP contribution in [0.5, 0.6) is 0 Å². The monoisotopic (exact) mass is 259 g/mol. The standard InChI is InChI=1S/C13H25NO4/c1-5-6-7-11(13(17)18)14(9(2)3)8-10(4)12(15)16/h9-11H,5-8H2,1-4H3,(H,15,16)(H,17,18). The summed E-state index contributed by atoms with van der Waals surface area (Å²) in [7, 11) is 0. The molecule has 0 aromatic rings. The minimum Gasteiger partial charge on any atom is -0.481 e. The zero-order valence-corrected chi connectivity index (χ0v) is 11.7. The number of hydrogen-bond acceptors (Lipinski definition) is 3. The highest BCUT2D eigenvalue weighted by Crippen LogP contribution is 2.15. The van der Waals surface area contributed by atoms with Gasteiger partial charge in [0.05, 0.1) is 5.92 Å². The number of rotatable bonds is 9. The van der Waals surface area contributed by atoms with Crippen LogP contribution in [0.2, 0.25) is 0 Å². The van der Waals surface area contributed by atoms with Crippen molar-refractivity contribution in [2.75, 3.05) is 6.54 Å². The maximum atomic E-state index is 11.3. The van der Waals surface area contributed by atoms with Crippen molar-refractivity contribution in [2.45, 2.75) is 59.0 Å². The Labute approximate surface area is 109 Å². The molecule has 5 heteroatoms. The third-order valence-electron chi connectivity index (χ3n) is 3.09. The van der Waals surface area contributed by atoms with Gasteiger partial charge in [0.15, 0.2) is 0 Å². The second-order valence-electron chi connectivity index (χ2n) is 5.03. The molecule has 0 spiro atoms. The third-order valence-corrected chi connectivity index (χ3v) is 3.09. The summed E-state index contributed by atoms with van der Waals surface area (Å²) in [5, 5.41) is 18.2. The van der Waals surface area contributed by atoms with Gasteiger partial charge in [0.1, 0.15) is 6.04 Å². The van der Waals surface area contributed by atoms with Crippen LogP contribution in [0.1, 0.15) is 47.0 Å². The molecule has 0 aliphatic heterocycles. The highest BCUT2D eigenvalue weighted by Gasteiger charge is 2.29. The van der Waals surface area contributed by atoms with E-state index in [-0.39, 0.29) is 12.6 Å². The molecule has 106 valence electrons. The Bertz CT molecular complexity index is 278. The molecular formula is C13H25NO4. The highest BCUT2D eigenvalue weighted by atomic mass is 16.4. The van der Waals surface area contributed by atoms with Crippen LogP contribution in [-0.4, -0.2) is 45.7 Å². The van der Waals surface area contributed by atoms with Crippen molar-refractivity contribution in [3.8, 4) is 0 Å². The largest absolute Gasteiger partial charge is 0.481 e. The van der Waals surface area contributed by atoms with E-state index >= 15 is 0 Å². The molecule has 18 heavy (non-hydrogen) atoms. The van der Waals surface area contributed by atoms with Crippen LogP contribution in [-0.2, 0) is 9.59 Å². The summed E-state index contributed by atoms with van der Waals surface area (Å²) in [4.78, 5) is 24.0. The van der Waals surface area contributed by atoms with E-state index in [0.717, 1.165) is 12.8 Å². The Morgan fingerprint density at radius 1 is 1.11 bits per heavy atom. The van der Waals surface area contributed by atoms with Crippen molar-refractivity contribution in [1.29, 1.82) is 0 Å². The first-order valence-corrected chi connectivity index (χ1v) is 6.52. The molecule has 0 heterocycles. The summed E-state index contributed by atoms with van der Waals surface area (Å²) < 4.78 is 0. The fourth-order valence-corrected chi connectivity index (χ4v) is 1.92. The van der Waals surface area contributed by atoms with Gasteiger partial charge in [-0.3, -0.25) is 14.5 Å². The number of unbranched alkanes of at least 4 members (excludes halogenated alkanes) is 1. The summed E-state index contributed by atoms with van der Waals surface area (Å²) in [5.41, 5.74) is 0. The lowest BCUT2D eigenvalue weighted by Gasteiger charge is -2.33. The first kappa shape index (κ1) is 16.9. The van der Waals surface area contributed by atoms with Gasteiger partial charge in [0, 0.05) is 12.6 Å². The van der Waals surface area contributed by atoms with Gasteiger partial charge in [0.2, 0.25) is 0 Å². The molecule has 2 N–H and O–H groups in total. The molecule has 0 aromatic heterocycles. The van der Waals surface area contributed by atoms with E-state index in [2.05, 4.69) is 0 Å². The van der Waals surface area contributed by atoms with Gasteiger partial charge in [0.25, 0.3) is 0 Å². The van der Waals surface area contributed by atoms with Crippen molar-refractivity contribution in [3.05, 3.63) is 0 Å². The first-order valence-electron chi connectivity index (χ1n) is 6.52. The van der Waals surface area contributed by atoms with E-state index in [1.165, 1.54) is 0 Å². The Hall–Kier alpha value is -1.10. The van der Waals surface area contributed by atoms with E-state index in [1.807, 2.05) is 20.8 Å². The summed E-state index contributed by atoms with van der Waals surface area (Å²) in [6.45, 7) is 7.69. The van der Waals surface area contributed by atoms with Crippen molar-refractivity contribution < 1.29 is 19.8 Å². The molecule has 0 aliphatic carbocycles. The van der Waals surface area contributed by atoms with Gasteiger partial charge >= 0.3 is 11.9 Å². The molecular weight excluding hydrogens is 234 g/mol. The quantitative estimate of drug-likeness (QED) is 0.662. The van der Waals surface area contributed by atoms with Crippen LogP contribution in [0.25, 0.3) is 0 Å². The van der Waals surface area contributed by atoms with E-state index in [9.17, 15) is 14.7 Å². The molecule has 0 saturated heterocycles. The highest BCUT2D eigenvalue weighted by molar-refractivity contribution is 5.74. The number of carboxylic acid groups (broad SMARTS) is 2. The van der Waals surface area contributed by atoms with Crippen molar-refractivity contribution in [2.24, 2.45) is 5.92 Å². The van der Waals surface area contributed by atoms with E-state index < -0.39 is 23.9 Å². The molecule has 0 rings (SSSR count). The summed E-state index contributed by atoms with van der Waals surface area (Å²) in [5.74, 6) is -2.31. The number of hydrogen-bond donors (Lipinski definition) is 2.